The van der Waals surface area contributed by atoms with Crippen molar-refractivity contribution in [2.45, 2.75) is 19.8 Å². The molecule has 0 amide bonds. The van der Waals surface area contributed by atoms with Gasteiger partial charge in [0.25, 0.3) is 0 Å². The van der Waals surface area contributed by atoms with E-state index < -0.39 is 0 Å². The molecule has 5 nitrogen and oxygen atoms in total. The summed E-state index contributed by atoms with van der Waals surface area (Å²) < 4.78 is 1.70. The smallest absolute Gasteiger partial charge is 0.186 e. The fraction of sp³-hybridized carbons (Fsp3) is 0.231. The molecule has 104 valence electrons. The highest BCUT2D eigenvalue weighted by Gasteiger charge is 2.18. The lowest BCUT2D eigenvalue weighted by atomic mass is 10.2. The standard InChI is InChI=1S/C13H13Cl2N5/c1-2-3-9-11-12(16)17-18-13(11)20(19-9)10-5-4-7(14)6-8(10)15/h4-6H,2-3H2,1H3,(H3,16,17,18). The van der Waals surface area contributed by atoms with Crippen LogP contribution in [0, 0.1) is 0 Å². The van der Waals surface area contributed by atoms with Crippen molar-refractivity contribution >= 4 is 40.1 Å². The molecule has 0 radical (unpaired) electrons. The molecule has 0 atom stereocenters. The van der Waals surface area contributed by atoms with Gasteiger partial charge < -0.3 is 5.73 Å². The Hall–Kier alpha value is -1.72. The van der Waals surface area contributed by atoms with Crippen molar-refractivity contribution in [2.75, 3.05) is 5.73 Å². The molecule has 3 N–H and O–H groups in total. The Labute approximate surface area is 125 Å². The van der Waals surface area contributed by atoms with E-state index >= 15 is 0 Å². The number of benzene rings is 1. The summed E-state index contributed by atoms with van der Waals surface area (Å²) in [6.45, 7) is 2.09. The van der Waals surface area contributed by atoms with Crippen molar-refractivity contribution in [1.29, 1.82) is 0 Å². The van der Waals surface area contributed by atoms with Crippen LogP contribution in [0.5, 0.6) is 0 Å². The summed E-state index contributed by atoms with van der Waals surface area (Å²) in [5, 5.41) is 13.6. The SMILES string of the molecule is CCCc1nn(-c2ccc(Cl)cc2Cl)c2n[nH]c(N)c12. The molecule has 0 fully saturated rings. The summed E-state index contributed by atoms with van der Waals surface area (Å²) in [6.07, 6.45) is 1.81. The maximum Gasteiger partial charge on any atom is 0.186 e. The Morgan fingerprint density at radius 3 is 2.85 bits per heavy atom. The molecule has 20 heavy (non-hydrogen) atoms. The Morgan fingerprint density at radius 1 is 1.35 bits per heavy atom. The predicted octanol–water partition coefficient (Wildman–Crippen LogP) is 3.59. The molecule has 0 aliphatic carbocycles. The maximum atomic E-state index is 6.24. The van der Waals surface area contributed by atoms with Crippen LogP contribution in [0.2, 0.25) is 10.0 Å². The van der Waals surface area contributed by atoms with E-state index in [4.69, 9.17) is 28.9 Å². The number of nitrogens with one attached hydrogen (secondary N) is 1. The van der Waals surface area contributed by atoms with Gasteiger partial charge in [-0.05, 0) is 24.6 Å². The van der Waals surface area contributed by atoms with Gasteiger partial charge in [0, 0.05) is 5.02 Å². The highest BCUT2D eigenvalue weighted by molar-refractivity contribution is 6.35. The van der Waals surface area contributed by atoms with Gasteiger partial charge in [-0.3, -0.25) is 5.10 Å². The van der Waals surface area contributed by atoms with Crippen LogP contribution in [0.15, 0.2) is 18.2 Å². The maximum absolute atomic E-state index is 6.24. The Bertz CT molecular complexity index is 775. The summed E-state index contributed by atoms with van der Waals surface area (Å²) in [5.74, 6) is 0.528. The quantitative estimate of drug-likeness (QED) is 0.776. The summed E-state index contributed by atoms with van der Waals surface area (Å²) in [5.41, 5.74) is 8.26. The molecule has 0 saturated carbocycles. The molecule has 0 bridgehead atoms. The number of aromatic amines is 1. The number of anilines is 1. The Kier molecular flexibility index (Phi) is 3.31. The molecule has 0 unspecified atom stereocenters. The second-order valence-electron chi connectivity index (χ2n) is 4.54. The summed E-state index contributed by atoms with van der Waals surface area (Å²) in [4.78, 5) is 0. The minimum Gasteiger partial charge on any atom is -0.383 e. The average molecular weight is 310 g/mol. The van der Waals surface area contributed by atoms with E-state index in [-0.39, 0.29) is 0 Å². The van der Waals surface area contributed by atoms with Gasteiger partial charge in [0.05, 0.1) is 21.8 Å². The minimum absolute atomic E-state index is 0.520. The zero-order valence-electron chi connectivity index (χ0n) is 10.8. The summed E-state index contributed by atoms with van der Waals surface area (Å²) in [7, 11) is 0. The molecule has 1 aromatic carbocycles. The largest absolute Gasteiger partial charge is 0.383 e. The van der Waals surface area contributed by atoms with Gasteiger partial charge in [-0.2, -0.15) is 10.2 Å². The Balaban J connectivity index is 2.25. The molecule has 0 aliphatic rings. The molecule has 7 heteroatoms. The molecule has 0 spiro atoms. The van der Waals surface area contributed by atoms with E-state index in [1.807, 2.05) is 6.07 Å². The first-order valence-corrected chi connectivity index (χ1v) is 7.04. The zero-order chi connectivity index (χ0) is 14.3. The van der Waals surface area contributed by atoms with Crippen molar-refractivity contribution in [3.63, 3.8) is 0 Å². The van der Waals surface area contributed by atoms with Crippen LogP contribution in [-0.4, -0.2) is 20.0 Å². The van der Waals surface area contributed by atoms with Gasteiger partial charge in [0.1, 0.15) is 5.82 Å². The molecule has 2 heterocycles. The van der Waals surface area contributed by atoms with Crippen molar-refractivity contribution < 1.29 is 0 Å². The summed E-state index contributed by atoms with van der Waals surface area (Å²) in [6, 6.07) is 5.27. The lowest BCUT2D eigenvalue weighted by Gasteiger charge is -2.04. The molecule has 0 saturated heterocycles. The minimum atomic E-state index is 0.520. The van der Waals surface area contributed by atoms with Gasteiger partial charge in [-0.15, -0.1) is 0 Å². The van der Waals surface area contributed by atoms with Gasteiger partial charge >= 0.3 is 0 Å². The molecular formula is C13H13Cl2N5. The molecule has 0 aliphatic heterocycles. The van der Waals surface area contributed by atoms with E-state index in [1.54, 1.807) is 16.8 Å². The number of hydrogen-bond donors (Lipinski definition) is 2. The van der Waals surface area contributed by atoms with E-state index in [1.165, 1.54) is 0 Å². The number of nitrogens with two attached hydrogens (primary N) is 1. The number of hydrogen-bond acceptors (Lipinski definition) is 3. The van der Waals surface area contributed by atoms with Crippen LogP contribution in [0.1, 0.15) is 19.0 Å². The number of nitrogen functional groups attached to an aromatic ring is 1. The van der Waals surface area contributed by atoms with Crippen molar-refractivity contribution in [1.82, 2.24) is 20.0 Å². The zero-order valence-corrected chi connectivity index (χ0v) is 12.3. The monoisotopic (exact) mass is 309 g/mol. The fourth-order valence-electron chi connectivity index (χ4n) is 2.23. The highest BCUT2D eigenvalue weighted by Crippen LogP contribution is 2.30. The second-order valence-corrected chi connectivity index (χ2v) is 5.38. The predicted molar refractivity (Wildman–Crippen MR) is 81.6 cm³/mol. The topological polar surface area (TPSA) is 72.5 Å². The number of fused-ring (bicyclic) bond motifs is 1. The highest BCUT2D eigenvalue weighted by atomic mass is 35.5. The lowest BCUT2D eigenvalue weighted by molar-refractivity contribution is 0.810. The van der Waals surface area contributed by atoms with E-state index in [0.29, 0.717) is 21.5 Å². The van der Waals surface area contributed by atoms with Crippen LogP contribution in [-0.2, 0) is 6.42 Å². The number of nitrogens with zero attached hydrogens (tertiary/aromatic N) is 3. The van der Waals surface area contributed by atoms with Gasteiger partial charge in [-0.25, -0.2) is 4.68 Å². The van der Waals surface area contributed by atoms with Crippen LogP contribution < -0.4 is 5.73 Å². The first-order valence-electron chi connectivity index (χ1n) is 6.28. The average Bonchev–Trinajstić information content (AvgIpc) is 2.93. The number of halogens is 2. The van der Waals surface area contributed by atoms with Gasteiger partial charge in [0.15, 0.2) is 5.65 Å². The summed E-state index contributed by atoms with van der Waals surface area (Å²) >= 11 is 12.2. The molecule has 2 aromatic heterocycles. The lowest BCUT2D eigenvalue weighted by Crippen LogP contribution is -1.99. The first-order chi connectivity index (χ1) is 9.61. The third-order valence-electron chi connectivity index (χ3n) is 3.11. The van der Waals surface area contributed by atoms with Crippen LogP contribution >= 0.6 is 23.2 Å². The van der Waals surface area contributed by atoms with Crippen molar-refractivity contribution in [3.8, 4) is 5.69 Å². The fourth-order valence-corrected chi connectivity index (χ4v) is 2.72. The number of H-pyrrole nitrogens is 1. The van der Waals surface area contributed by atoms with Crippen molar-refractivity contribution in [2.24, 2.45) is 0 Å². The van der Waals surface area contributed by atoms with Crippen molar-refractivity contribution in [3.05, 3.63) is 33.9 Å². The van der Waals surface area contributed by atoms with Gasteiger partial charge in [-0.1, -0.05) is 36.5 Å². The third kappa shape index (κ3) is 2.03. The first kappa shape index (κ1) is 13.3. The van der Waals surface area contributed by atoms with Gasteiger partial charge in [0.2, 0.25) is 0 Å². The Morgan fingerprint density at radius 2 is 2.15 bits per heavy atom. The van der Waals surface area contributed by atoms with Crippen LogP contribution in [0.25, 0.3) is 16.7 Å². The van der Waals surface area contributed by atoms with E-state index in [9.17, 15) is 0 Å². The van der Waals surface area contributed by atoms with Crippen LogP contribution in [0.3, 0.4) is 0 Å². The molecular weight excluding hydrogens is 297 g/mol. The number of aromatic nitrogens is 4. The second kappa shape index (κ2) is 5.00. The normalized spacial score (nSPS) is 11.3. The molecule has 3 rings (SSSR count). The third-order valence-corrected chi connectivity index (χ3v) is 3.65. The number of rotatable bonds is 3. The molecule has 3 aromatic rings. The van der Waals surface area contributed by atoms with Crippen LogP contribution in [0.4, 0.5) is 5.82 Å². The van der Waals surface area contributed by atoms with E-state index in [0.717, 1.165) is 29.6 Å². The van der Waals surface area contributed by atoms with E-state index in [2.05, 4.69) is 22.2 Å². The number of aryl methyl sites for hydroxylation is 1.